The molecule has 0 spiro atoms. The fourth-order valence-corrected chi connectivity index (χ4v) is 5.28. The smallest absolute Gasteiger partial charge is 0.254 e. The van der Waals surface area contributed by atoms with Gasteiger partial charge in [-0.3, -0.25) is 9.59 Å². The van der Waals surface area contributed by atoms with Gasteiger partial charge in [-0.25, -0.2) is 0 Å². The van der Waals surface area contributed by atoms with E-state index in [1.807, 2.05) is 43.5 Å². The summed E-state index contributed by atoms with van der Waals surface area (Å²) in [6.07, 6.45) is 0.598. The Hall–Kier alpha value is -2.78. The molecule has 3 aromatic rings. The second-order valence-electron chi connectivity index (χ2n) is 8.87. The van der Waals surface area contributed by atoms with E-state index < -0.39 is 0 Å². The molecule has 0 fully saturated rings. The minimum absolute atomic E-state index is 0.0832. The van der Waals surface area contributed by atoms with Gasteiger partial charge >= 0.3 is 0 Å². The lowest BCUT2D eigenvalue weighted by atomic mass is 10.1. The Kier molecular flexibility index (Phi) is 9.91. The minimum atomic E-state index is -0.288. The number of halogens is 2. The van der Waals surface area contributed by atoms with Crippen LogP contribution in [0.2, 0.25) is 10.0 Å². The lowest BCUT2D eigenvalue weighted by Gasteiger charge is -2.28. The zero-order valence-corrected chi connectivity index (χ0v) is 23.7. The van der Waals surface area contributed by atoms with Crippen LogP contribution < -0.4 is 9.47 Å². The van der Waals surface area contributed by atoms with Gasteiger partial charge in [0.05, 0.1) is 16.6 Å². The van der Waals surface area contributed by atoms with E-state index in [1.54, 1.807) is 33.3 Å². The highest BCUT2D eigenvalue weighted by Crippen LogP contribution is 2.33. The van der Waals surface area contributed by atoms with Crippen molar-refractivity contribution in [1.29, 1.82) is 0 Å². The average molecular weight is 578 g/mol. The maximum absolute atomic E-state index is 13.8. The molecule has 202 valence electrons. The fourth-order valence-electron chi connectivity index (χ4n) is 4.06. The normalized spacial score (nSPS) is 12.0. The molecule has 38 heavy (non-hydrogen) atoms. The molecule has 2 heterocycles. The number of fused-ring (bicyclic) bond motifs is 1. The summed E-state index contributed by atoms with van der Waals surface area (Å²) in [7, 11) is 0. The fraction of sp³-hybridized carbons (Fsp3) is 0.357. The molecular formula is C28H30Cl2N2O5S. The van der Waals surface area contributed by atoms with E-state index in [-0.39, 0.29) is 30.2 Å². The van der Waals surface area contributed by atoms with Gasteiger partial charge < -0.3 is 24.0 Å². The minimum Gasteiger partial charge on any atom is -0.454 e. The first kappa shape index (κ1) is 28.2. The van der Waals surface area contributed by atoms with Gasteiger partial charge in [-0.15, -0.1) is 11.3 Å². The summed E-state index contributed by atoms with van der Waals surface area (Å²) in [5, 5.41) is 2.67. The topological polar surface area (TPSA) is 68.3 Å². The molecule has 0 aliphatic carbocycles. The standard InChI is InChI=1S/C28H30Cl2N2O5S/c1-3-35-11-4-10-31(28(34)21-6-7-22(29)23(30)14-21)17-27(33)32(16-26-19(2)9-12-38-26)15-20-5-8-24-25(13-20)37-18-36-24/h5-9,12-14H,3-4,10-11,15-18H2,1-2H3. The molecule has 4 rings (SSSR count). The largest absolute Gasteiger partial charge is 0.454 e. The Morgan fingerprint density at radius 3 is 2.55 bits per heavy atom. The van der Waals surface area contributed by atoms with Gasteiger partial charge in [0.2, 0.25) is 12.7 Å². The van der Waals surface area contributed by atoms with Crippen molar-refractivity contribution in [3.8, 4) is 11.5 Å². The Balaban J connectivity index is 1.56. The van der Waals surface area contributed by atoms with Crippen LogP contribution in [-0.2, 0) is 22.6 Å². The van der Waals surface area contributed by atoms with E-state index in [0.29, 0.717) is 61.4 Å². The number of carbonyl (C=O) groups is 2. The predicted molar refractivity (Wildman–Crippen MR) is 149 cm³/mol. The highest BCUT2D eigenvalue weighted by Gasteiger charge is 2.24. The molecule has 7 nitrogen and oxygen atoms in total. The molecule has 1 aromatic heterocycles. The van der Waals surface area contributed by atoms with Crippen LogP contribution in [0.15, 0.2) is 47.8 Å². The first-order valence-electron chi connectivity index (χ1n) is 12.4. The van der Waals surface area contributed by atoms with Crippen LogP contribution in [-0.4, -0.2) is 54.7 Å². The van der Waals surface area contributed by atoms with Crippen LogP contribution in [0, 0.1) is 6.92 Å². The van der Waals surface area contributed by atoms with Gasteiger partial charge in [-0.1, -0.05) is 29.3 Å². The number of nitrogens with zero attached hydrogens (tertiary/aromatic N) is 2. The monoisotopic (exact) mass is 576 g/mol. The molecule has 0 saturated heterocycles. The number of thiophene rings is 1. The molecule has 0 bridgehead atoms. The Morgan fingerprint density at radius 2 is 1.82 bits per heavy atom. The third-order valence-corrected chi connectivity index (χ3v) is 7.91. The summed E-state index contributed by atoms with van der Waals surface area (Å²) in [4.78, 5) is 31.7. The highest BCUT2D eigenvalue weighted by atomic mass is 35.5. The van der Waals surface area contributed by atoms with Gasteiger partial charge in [0.1, 0.15) is 6.54 Å². The zero-order chi connectivity index (χ0) is 27.1. The van der Waals surface area contributed by atoms with E-state index in [9.17, 15) is 9.59 Å². The quantitative estimate of drug-likeness (QED) is 0.240. The molecule has 0 atom stereocenters. The Bertz CT molecular complexity index is 1280. The van der Waals surface area contributed by atoms with Gasteiger partial charge in [0.15, 0.2) is 11.5 Å². The van der Waals surface area contributed by atoms with Crippen LogP contribution in [0.1, 0.15) is 39.7 Å². The van der Waals surface area contributed by atoms with Crippen LogP contribution in [0.5, 0.6) is 11.5 Å². The summed E-state index contributed by atoms with van der Waals surface area (Å²) < 4.78 is 16.4. The van der Waals surface area contributed by atoms with Crippen molar-refractivity contribution >= 4 is 46.4 Å². The maximum atomic E-state index is 13.8. The van der Waals surface area contributed by atoms with Gasteiger partial charge in [0.25, 0.3) is 5.91 Å². The second-order valence-corrected chi connectivity index (χ2v) is 10.7. The number of amides is 2. The summed E-state index contributed by atoms with van der Waals surface area (Å²) in [6, 6.07) is 12.5. The highest BCUT2D eigenvalue weighted by molar-refractivity contribution is 7.10. The SMILES string of the molecule is CCOCCCN(CC(=O)N(Cc1ccc2c(c1)OCO2)Cc1sccc1C)C(=O)c1ccc(Cl)c(Cl)c1. The van der Waals surface area contributed by atoms with Crippen LogP contribution in [0.25, 0.3) is 0 Å². The van der Waals surface area contributed by atoms with Crippen LogP contribution >= 0.6 is 34.5 Å². The number of hydrogen-bond donors (Lipinski definition) is 0. The van der Waals surface area contributed by atoms with E-state index >= 15 is 0 Å². The molecule has 2 aromatic carbocycles. The predicted octanol–water partition coefficient (Wildman–Crippen LogP) is 6.19. The van der Waals surface area contributed by atoms with Crippen molar-refractivity contribution in [2.24, 2.45) is 0 Å². The van der Waals surface area contributed by atoms with Gasteiger partial charge in [0, 0.05) is 36.7 Å². The molecule has 10 heteroatoms. The van der Waals surface area contributed by atoms with E-state index in [1.165, 1.54) is 6.07 Å². The molecule has 0 saturated carbocycles. The van der Waals surface area contributed by atoms with Crippen molar-refractivity contribution < 1.29 is 23.8 Å². The number of rotatable bonds is 12. The number of hydrogen-bond acceptors (Lipinski definition) is 6. The number of benzene rings is 2. The third-order valence-electron chi connectivity index (χ3n) is 6.17. The van der Waals surface area contributed by atoms with Crippen molar-refractivity contribution in [1.82, 2.24) is 9.80 Å². The van der Waals surface area contributed by atoms with E-state index in [0.717, 1.165) is 16.0 Å². The summed E-state index contributed by atoms with van der Waals surface area (Å²) >= 11 is 13.8. The Morgan fingerprint density at radius 1 is 1.00 bits per heavy atom. The van der Waals surface area contributed by atoms with Crippen LogP contribution in [0.4, 0.5) is 0 Å². The zero-order valence-electron chi connectivity index (χ0n) is 21.4. The van der Waals surface area contributed by atoms with Crippen molar-refractivity contribution in [2.45, 2.75) is 33.4 Å². The third kappa shape index (κ3) is 7.20. The second kappa shape index (κ2) is 13.3. The molecule has 2 amide bonds. The summed E-state index contributed by atoms with van der Waals surface area (Å²) in [6.45, 7) is 6.29. The first-order valence-corrected chi connectivity index (χ1v) is 14.0. The van der Waals surface area contributed by atoms with Gasteiger partial charge in [-0.2, -0.15) is 0 Å². The Labute approximate surface area is 236 Å². The molecule has 0 radical (unpaired) electrons. The number of carbonyl (C=O) groups excluding carboxylic acids is 2. The first-order chi connectivity index (χ1) is 18.4. The summed E-state index contributed by atoms with van der Waals surface area (Å²) in [5.74, 6) is 0.895. The number of ether oxygens (including phenoxy) is 3. The maximum Gasteiger partial charge on any atom is 0.254 e. The average Bonchev–Trinajstić information content (AvgIpc) is 3.54. The van der Waals surface area contributed by atoms with Crippen molar-refractivity contribution in [3.05, 3.63) is 79.5 Å². The molecule has 0 unspecified atom stereocenters. The molecule has 1 aliphatic heterocycles. The van der Waals surface area contributed by atoms with Gasteiger partial charge in [-0.05, 0) is 73.2 Å². The molecule has 0 N–H and O–H groups in total. The van der Waals surface area contributed by atoms with Crippen molar-refractivity contribution in [3.63, 3.8) is 0 Å². The van der Waals surface area contributed by atoms with Crippen molar-refractivity contribution in [2.75, 3.05) is 33.1 Å². The van der Waals surface area contributed by atoms with E-state index in [4.69, 9.17) is 37.4 Å². The summed E-state index contributed by atoms with van der Waals surface area (Å²) in [5.41, 5.74) is 2.41. The molecule has 1 aliphatic rings. The lowest BCUT2D eigenvalue weighted by molar-refractivity contribution is -0.133. The molecular weight excluding hydrogens is 547 g/mol. The van der Waals surface area contributed by atoms with E-state index in [2.05, 4.69) is 0 Å². The lowest BCUT2D eigenvalue weighted by Crippen LogP contribution is -2.43. The van der Waals surface area contributed by atoms with Crippen LogP contribution in [0.3, 0.4) is 0 Å². The number of aryl methyl sites for hydroxylation is 1.